The Kier molecular flexibility index (Phi) is 4.94. The second kappa shape index (κ2) is 7.52. The van der Waals surface area contributed by atoms with Gasteiger partial charge < -0.3 is 9.30 Å². The second-order valence-corrected chi connectivity index (χ2v) is 7.44. The maximum Gasteiger partial charge on any atom is 0.234 e. The minimum atomic E-state index is -0.505. The van der Waals surface area contributed by atoms with Crippen LogP contribution in [0.3, 0.4) is 0 Å². The van der Waals surface area contributed by atoms with Gasteiger partial charge in [0.1, 0.15) is 5.75 Å². The molecule has 27 heavy (non-hydrogen) atoms. The highest BCUT2D eigenvalue weighted by Crippen LogP contribution is 2.38. The van der Waals surface area contributed by atoms with E-state index in [1.807, 2.05) is 29.2 Å². The first kappa shape index (κ1) is 17.7. The molecular formula is C20H24N4O3. The maximum atomic E-state index is 12.1. The third-order valence-corrected chi connectivity index (χ3v) is 5.38. The Bertz CT molecular complexity index is 803. The Morgan fingerprint density at radius 1 is 1.22 bits per heavy atom. The van der Waals surface area contributed by atoms with Gasteiger partial charge in [0.05, 0.1) is 18.3 Å². The maximum absolute atomic E-state index is 12.1. The van der Waals surface area contributed by atoms with Gasteiger partial charge in [-0.2, -0.15) is 0 Å². The number of nitrogens with zero attached hydrogens (tertiary/aromatic N) is 3. The lowest BCUT2D eigenvalue weighted by Gasteiger charge is -2.20. The van der Waals surface area contributed by atoms with Crippen molar-refractivity contribution in [1.29, 1.82) is 0 Å². The fourth-order valence-electron chi connectivity index (χ4n) is 3.92. The molecule has 2 fully saturated rings. The van der Waals surface area contributed by atoms with E-state index in [1.54, 1.807) is 6.20 Å². The van der Waals surface area contributed by atoms with E-state index >= 15 is 0 Å². The van der Waals surface area contributed by atoms with Crippen molar-refractivity contribution in [1.82, 2.24) is 19.8 Å². The van der Waals surface area contributed by atoms with Gasteiger partial charge in [-0.1, -0.05) is 12.1 Å². The number of likely N-dealkylation sites (tertiary alicyclic amines) is 1. The first-order valence-corrected chi connectivity index (χ1v) is 9.37. The van der Waals surface area contributed by atoms with Crippen molar-refractivity contribution in [3.05, 3.63) is 48.5 Å². The lowest BCUT2D eigenvalue weighted by atomic mass is 9.85. The van der Waals surface area contributed by atoms with Crippen LogP contribution in [0.2, 0.25) is 0 Å². The highest BCUT2D eigenvalue weighted by molar-refractivity contribution is 6.06. The van der Waals surface area contributed by atoms with Crippen LogP contribution in [0.15, 0.2) is 43.0 Å². The zero-order chi connectivity index (χ0) is 18.7. The lowest BCUT2D eigenvalue weighted by molar-refractivity contribution is -0.128. The third-order valence-electron chi connectivity index (χ3n) is 5.38. The standard InChI is InChI=1S/C20H24N4O3/c25-18-12-20(19(26)22-18)6-9-24(14-20)13-16-2-4-17(5-3-16)27-11-1-8-23-10-7-21-15-23/h2-5,7,10,15H,1,6,8-9,11-14H2,(H,22,25,26). The number of imidazole rings is 1. The molecule has 2 amide bonds. The number of carbonyl (C=O) groups is 2. The molecule has 7 heteroatoms. The molecule has 2 aliphatic rings. The number of carbonyl (C=O) groups excluding carboxylic acids is 2. The molecule has 1 N–H and O–H groups in total. The summed E-state index contributed by atoms with van der Waals surface area (Å²) in [5.74, 6) is 0.619. The van der Waals surface area contributed by atoms with Crippen molar-refractivity contribution in [3.8, 4) is 5.75 Å². The molecule has 0 bridgehead atoms. The van der Waals surface area contributed by atoms with Crippen molar-refractivity contribution in [2.45, 2.75) is 32.4 Å². The molecule has 1 aromatic heterocycles. The quantitative estimate of drug-likeness (QED) is 0.593. The van der Waals surface area contributed by atoms with E-state index in [0.717, 1.165) is 38.2 Å². The summed E-state index contributed by atoms with van der Waals surface area (Å²) in [4.78, 5) is 29.9. The highest BCUT2D eigenvalue weighted by Gasteiger charge is 2.50. The van der Waals surface area contributed by atoms with Crippen molar-refractivity contribution in [2.75, 3.05) is 19.7 Å². The van der Waals surface area contributed by atoms with Crippen LogP contribution in [0.4, 0.5) is 0 Å². The van der Waals surface area contributed by atoms with Crippen LogP contribution >= 0.6 is 0 Å². The zero-order valence-electron chi connectivity index (χ0n) is 15.3. The molecular weight excluding hydrogens is 344 g/mol. The van der Waals surface area contributed by atoms with Gasteiger partial charge in [-0.25, -0.2) is 4.98 Å². The average molecular weight is 368 g/mol. The summed E-state index contributed by atoms with van der Waals surface area (Å²) in [6, 6.07) is 8.11. The number of aromatic nitrogens is 2. The lowest BCUT2D eigenvalue weighted by Crippen LogP contribution is -2.34. The largest absolute Gasteiger partial charge is 0.494 e. The van der Waals surface area contributed by atoms with Gasteiger partial charge in [0.15, 0.2) is 0 Å². The topological polar surface area (TPSA) is 76.5 Å². The summed E-state index contributed by atoms with van der Waals surface area (Å²) < 4.78 is 7.83. The minimum Gasteiger partial charge on any atom is -0.494 e. The number of ether oxygens (including phenoxy) is 1. The second-order valence-electron chi connectivity index (χ2n) is 7.44. The number of hydrogen-bond acceptors (Lipinski definition) is 5. The van der Waals surface area contributed by atoms with Gasteiger partial charge in [0.25, 0.3) is 0 Å². The zero-order valence-corrected chi connectivity index (χ0v) is 15.3. The molecule has 1 aromatic carbocycles. The van der Waals surface area contributed by atoms with Gasteiger partial charge in [-0.05, 0) is 37.1 Å². The molecule has 0 aliphatic carbocycles. The molecule has 1 atom stereocenters. The van der Waals surface area contributed by atoms with E-state index in [2.05, 4.69) is 27.3 Å². The van der Waals surface area contributed by atoms with Crippen molar-refractivity contribution in [2.24, 2.45) is 5.41 Å². The van der Waals surface area contributed by atoms with E-state index in [1.165, 1.54) is 5.56 Å². The van der Waals surface area contributed by atoms with Crippen LogP contribution in [-0.4, -0.2) is 46.0 Å². The summed E-state index contributed by atoms with van der Waals surface area (Å²) in [5.41, 5.74) is 0.678. The molecule has 0 radical (unpaired) electrons. The SMILES string of the molecule is O=C1CC2(CCN(Cc3ccc(OCCCn4ccnc4)cc3)C2)C(=O)N1. The Balaban J connectivity index is 1.23. The monoisotopic (exact) mass is 368 g/mol. The molecule has 142 valence electrons. The van der Waals surface area contributed by atoms with Crippen molar-refractivity contribution >= 4 is 11.8 Å². The van der Waals surface area contributed by atoms with E-state index in [4.69, 9.17) is 4.74 Å². The minimum absolute atomic E-state index is 0.102. The summed E-state index contributed by atoms with van der Waals surface area (Å²) in [6.45, 7) is 3.83. The van der Waals surface area contributed by atoms with E-state index < -0.39 is 5.41 Å². The fraction of sp³-hybridized carbons (Fsp3) is 0.450. The van der Waals surface area contributed by atoms with Crippen LogP contribution < -0.4 is 10.1 Å². The van der Waals surface area contributed by atoms with E-state index in [9.17, 15) is 9.59 Å². The number of rotatable bonds is 7. The van der Waals surface area contributed by atoms with Gasteiger partial charge in [0.2, 0.25) is 11.8 Å². The van der Waals surface area contributed by atoms with Crippen LogP contribution in [0.1, 0.15) is 24.8 Å². The molecule has 2 aromatic rings. The molecule has 1 spiro atoms. The van der Waals surface area contributed by atoms with E-state index in [0.29, 0.717) is 19.6 Å². The Labute approximate surface area is 158 Å². The smallest absolute Gasteiger partial charge is 0.234 e. The average Bonchev–Trinajstić information content (AvgIpc) is 3.36. The molecule has 7 nitrogen and oxygen atoms in total. The van der Waals surface area contributed by atoms with Gasteiger partial charge in [-0.3, -0.25) is 19.8 Å². The first-order chi connectivity index (χ1) is 13.1. The predicted octanol–water partition coefficient (Wildman–Crippen LogP) is 1.59. The summed E-state index contributed by atoms with van der Waals surface area (Å²) in [6.07, 6.45) is 7.54. The number of imide groups is 1. The predicted molar refractivity (Wildman–Crippen MR) is 98.9 cm³/mol. The molecule has 0 saturated carbocycles. The number of benzene rings is 1. The summed E-state index contributed by atoms with van der Waals surface area (Å²) >= 11 is 0. The van der Waals surface area contributed by atoms with Gasteiger partial charge >= 0.3 is 0 Å². The highest BCUT2D eigenvalue weighted by atomic mass is 16.5. The fourth-order valence-corrected chi connectivity index (χ4v) is 3.92. The van der Waals surface area contributed by atoms with Crippen LogP contribution in [0, 0.1) is 5.41 Å². The number of hydrogen-bond donors (Lipinski definition) is 1. The molecule has 4 rings (SSSR count). The van der Waals surface area contributed by atoms with Crippen LogP contribution in [0.5, 0.6) is 5.75 Å². The third kappa shape index (κ3) is 4.03. The summed E-state index contributed by atoms with van der Waals surface area (Å²) in [7, 11) is 0. The van der Waals surface area contributed by atoms with Gasteiger partial charge in [0, 0.05) is 38.4 Å². The Hall–Kier alpha value is -2.67. The normalized spacial score (nSPS) is 22.5. The van der Waals surface area contributed by atoms with Crippen LogP contribution in [-0.2, 0) is 22.7 Å². The number of aryl methyl sites for hydroxylation is 1. The van der Waals surface area contributed by atoms with Crippen molar-refractivity contribution in [3.63, 3.8) is 0 Å². The Morgan fingerprint density at radius 3 is 2.78 bits per heavy atom. The molecule has 2 saturated heterocycles. The molecule has 3 heterocycles. The molecule has 1 unspecified atom stereocenters. The van der Waals surface area contributed by atoms with Crippen LogP contribution in [0.25, 0.3) is 0 Å². The number of nitrogens with one attached hydrogen (secondary N) is 1. The van der Waals surface area contributed by atoms with E-state index in [-0.39, 0.29) is 11.8 Å². The Morgan fingerprint density at radius 2 is 2.07 bits per heavy atom. The summed E-state index contributed by atoms with van der Waals surface area (Å²) in [5, 5.41) is 2.45. The molecule has 2 aliphatic heterocycles. The number of amides is 2. The van der Waals surface area contributed by atoms with Gasteiger partial charge in [-0.15, -0.1) is 0 Å². The van der Waals surface area contributed by atoms with Crippen molar-refractivity contribution < 1.29 is 14.3 Å². The first-order valence-electron chi connectivity index (χ1n) is 9.37.